The number of halogens is 1. The first kappa shape index (κ1) is 25.0. The Hall–Kier alpha value is -1.59. The summed E-state index contributed by atoms with van der Waals surface area (Å²) in [6, 6.07) is 9.08. The molecule has 32 heavy (non-hydrogen) atoms. The minimum absolute atomic E-state index is 0. The molecule has 2 N–H and O–H groups in total. The molecule has 0 aromatic carbocycles. The van der Waals surface area contributed by atoms with Gasteiger partial charge < -0.3 is 25.3 Å². The number of thiophene rings is 1. The Bertz CT molecular complexity index is 829. The van der Waals surface area contributed by atoms with Crippen molar-refractivity contribution in [3.05, 3.63) is 41.4 Å². The van der Waals surface area contributed by atoms with E-state index in [1.807, 2.05) is 17.5 Å². The predicted molar refractivity (Wildman–Crippen MR) is 147 cm³/mol. The molecule has 0 bridgehead atoms. The van der Waals surface area contributed by atoms with Gasteiger partial charge in [-0.25, -0.2) is 9.98 Å². The lowest BCUT2D eigenvalue weighted by atomic mass is 10.1. The third-order valence-corrected chi connectivity index (χ3v) is 6.98. The van der Waals surface area contributed by atoms with Crippen LogP contribution in [0.5, 0.6) is 0 Å². The van der Waals surface area contributed by atoms with Gasteiger partial charge in [-0.2, -0.15) is 0 Å². The molecule has 7 nitrogen and oxygen atoms in total. The summed E-state index contributed by atoms with van der Waals surface area (Å²) in [5.41, 5.74) is 1.20. The van der Waals surface area contributed by atoms with Crippen LogP contribution in [0.4, 0.5) is 10.8 Å². The molecule has 2 aliphatic rings. The molecule has 0 amide bonds. The number of rotatable bonds is 6. The summed E-state index contributed by atoms with van der Waals surface area (Å²) in [5, 5.41) is 10.6. The number of guanidine groups is 1. The van der Waals surface area contributed by atoms with Crippen molar-refractivity contribution in [2.24, 2.45) is 4.99 Å². The largest absolute Gasteiger partial charge is 0.363 e. The smallest absolute Gasteiger partial charge is 0.191 e. The number of piperazine rings is 1. The molecule has 0 atom stereocenters. The number of nitrogens with one attached hydrogen (secondary N) is 2. The SMILES string of the molecule is CCNC(=NCc1ccnc(N2CCN(C)CC2)c1)NC1CCN(c2cccs2)CC1.I. The number of aliphatic imine (C=N–C) groups is 1. The molecule has 0 radical (unpaired) electrons. The second-order valence-electron chi connectivity index (χ2n) is 8.36. The van der Waals surface area contributed by atoms with E-state index in [4.69, 9.17) is 4.99 Å². The summed E-state index contributed by atoms with van der Waals surface area (Å²) in [4.78, 5) is 16.7. The van der Waals surface area contributed by atoms with Crippen LogP contribution in [0.25, 0.3) is 0 Å². The number of hydrogen-bond donors (Lipinski definition) is 2. The van der Waals surface area contributed by atoms with E-state index in [-0.39, 0.29) is 24.0 Å². The van der Waals surface area contributed by atoms with Gasteiger partial charge in [0.05, 0.1) is 11.5 Å². The Morgan fingerprint density at radius 3 is 2.59 bits per heavy atom. The molecule has 176 valence electrons. The lowest BCUT2D eigenvalue weighted by Gasteiger charge is -2.33. The van der Waals surface area contributed by atoms with Crippen LogP contribution in [0.1, 0.15) is 25.3 Å². The van der Waals surface area contributed by atoms with E-state index >= 15 is 0 Å². The van der Waals surface area contributed by atoms with E-state index in [2.05, 4.69) is 73.9 Å². The van der Waals surface area contributed by atoms with Crippen molar-refractivity contribution in [1.82, 2.24) is 20.5 Å². The standard InChI is InChI=1S/C23H35N7S.HI/c1-3-24-23(27-20-7-10-30(11-8-20)22-5-4-16-31-22)26-18-19-6-9-25-21(17-19)29-14-12-28(2)13-15-29;/h4-6,9,16-17,20H,3,7-8,10-15,18H2,1-2H3,(H2,24,26,27);1H. The van der Waals surface area contributed by atoms with Gasteiger partial charge in [0.25, 0.3) is 0 Å². The van der Waals surface area contributed by atoms with Crippen LogP contribution in [0.2, 0.25) is 0 Å². The number of aromatic nitrogens is 1. The van der Waals surface area contributed by atoms with Gasteiger partial charge in [-0.1, -0.05) is 0 Å². The quantitative estimate of drug-likeness (QED) is 0.317. The Morgan fingerprint density at radius 2 is 1.91 bits per heavy atom. The van der Waals surface area contributed by atoms with Gasteiger partial charge in [0.1, 0.15) is 5.82 Å². The first-order chi connectivity index (χ1) is 15.2. The fraction of sp³-hybridized carbons (Fsp3) is 0.565. The fourth-order valence-electron chi connectivity index (χ4n) is 4.15. The highest BCUT2D eigenvalue weighted by molar-refractivity contribution is 14.0. The van der Waals surface area contributed by atoms with Gasteiger partial charge >= 0.3 is 0 Å². The Kier molecular flexibility index (Phi) is 9.86. The maximum Gasteiger partial charge on any atom is 0.191 e. The second-order valence-corrected chi connectivity index (χ2v) is 9.29. The summed E-state index contributed by atoms with van der Waals surface area (Å²) in [6.07, 6.45) is 4.18. The van der Waals surface area contributed by atoms with Gasteiger partial charge in [0, 0.05) is 58.1 Å². The van der Waals surface area contributed by atoms with Crippen LogP contribution in [-0.2, 0) is 6.54 Å². The topological polar surface area (TPSA) is 59.0 Å². The van der Waals surface area contributed by atoms with Gasteiger partial charge in [-0.05, 0) is 62.0 Å². The van der Waals surface area contributed by atoms with E-state index in [9.17, 15) is 0 Å². The van der Waals surface area contributed by atoms with Crippen LogP contribution < -0.4 is 20.4 Å². The summed E-state index contributed by atoms with van der Waals surface area (Å²) in [6.45, 7) is 10.1. The van der Waals surface area contributed by atoms with Crippen molar-refractivity contribution in [3.8, 4) is 0 Å². The normalized spacial score (nSPS) is 18.4. The Balaban J connectivity index is 0.00000289. The molecule has 0 aliphatic carbocycles. The number of pyridine rings is 1. The molecule has 0 unspecified atom stereocenters. The lowest BCUT2D eigenvalue weighted by Crippen LogP contribution is -2.48. The monoisotopic (exact) mass is 569 g/mol. The van der Waals surface area contributed by atoms with Gasteiger partial charge in [-0.15, -0.1) is 35.3 Å². The molecule has 2 fully saturated rings. The molecule has 2 aromatic rings. The van der Waals surface area contributed by atoms with Gasteiger partial charge in [0.2, 0.25) is 0 Å². The summed E-state index contributed by atoms with van der Waals surface area (Å²) < 4.78 is 0. The van der Waals surface area contributed by atoms with E-state index in [0.717, 1.165) is 70.4 Å². The van der Waals surface area contributed by atoms with Crippen molar-refractivity contribution in [1.29, 1.82) is 0 Å². The molecule has 0 saturated carbocycles. The Morgan fingerprint density at radius 1 is 1.12 bits per heavy atom. The summed E-state index contributed by atoms with van der Waals surface area (Å²) >= 11 is 1.83. The molecule has 4 rings (SSSR count). The minimum atomic E-state index is 0. The molecule has 2 aromatic heterocycles. The molecule has 2 aliphatic heterocycles. The van der Waals surface area contributed by atoms with Gasteiger partial charge in [-0.3, -0.25) is 0 Å². The first-order valence-electron chi connectivity index (χ1n) is 11.4. The van der Waals surface area contributed by atoms with E-state index in [1.54, 1.807) is 0 Å². The third-order valence-electron chi connectivity index (χ3n) is 6.05. The van der Waals surface area contributed by atoms with Crippen LogP contribution in [0.15, 0.2) is 40.8 Å². The molecule has 2 saturated heterocycles. The number of anilines is 2. The van der Waals surface area contributed by atoms with Gasteiger partial charge in [0.15, 0.2) is 5.96 Å². The first-order valence-corrected chi connectivity index (χ1v) is 12.3. The highest BCUT2D eigenvalue weighted by Crippen LogP contribution is 2.24. The Labute approximate surface area is 213 Å². The second kappa shape index (κ2) is 12.6. The fourth-order valence-corrected chi connectivity index (χ4v) is 4.93. The number of nitrogens with zero attached hydrogens (tertiary/aromatic N) is 5. The zero-order valence-corrected chi connectivity index (χ0v) is 22.3. The van der Waals surface area contributed by atoms with E-state index in [1.165, 1.54) is 10.6 Å². The van der Waals surface area contributed by atoms with Crippen molar-refractivity contribution < 1.29 is 0 Å². The zero-order chi connectivity index (χ0) is 21.5. The minimum Gasteiger partial charge on any atom is -0.363 e. The number of hydrogen-bond acceptors (Lipinski definition) is 6. The summed E-state index contributed by atoms with van der Waals surface area (Å²) in [7, 11) is 2.18. The molecular weight excluding hydrogens is 533 g/mol. The molecule has 4 heterocycles. The van der Waals surface area contributed by atoms with E-state index in [0.29, 0.717) is 12.6 Å². The van der Waals surface area contributed by atoms with Crippen molar-refractivity contribution in [2.75, 3.05) is 62.7 Å². The van der Waals surface area contributed by atoms with Crippen molar-refractivity contribution >= 4 is 52.1 Å². The zero-order valence-electron chi connectivity index (χ0n) is 19.2. The highest BCUT2D eigenvalue weighted by atomic mass is 127. The van der Waals surface area contributed by atoms with Crippen LogP contribution >= 0.6 is 35.3 Å². The van der Waals surface area contributed by atoms with Crippen molar-refractivity contribution in [3.63, 3.8) is 0 Å². The van der Waals surface area contributed by atoms with Crippen LogP contribution in [0, 0.1) is 0 Å². The molecule has 9 heteroatoms. The van der Waals surface area contributed by atoms with Crippen molar-refractivity contribution in [2.45, 2.75) is 32.4 Å². The highest BCUT2D eigenvalue weighted by Gasteiger charge is 2.21. The van der Waals surface area contributed by atoms with Crippen LogP contribution in [-0.4, -0.2) is 74.7 Å². The molecule has 0 spiro atoms. The molecular formula is C23H36IN7S. The maximum atomic E-state index is 4.87. The van der Waals surface area contributed by atoms with E-state index < -0.39 is 0 Å². The average molecular weight is 570 g/mol. The predicted octanol–water partition coefficient (Wildman–Crippen LogP) is 3.24. The van der Waals surface area contributed by atoms with Crippen LogP contribution in [0.3, 0.4) is 0 Å². The number of likely N-dealkylation sites (N-methyl/N-ethyl adjacent to an activating group) is 1. The lowest BCUT2D eigenvalue weighted by molar-refractivity contribution is 0.312. The summed E-state index contributed by atoms with van der Waals surface area (Å²) in [5.74, 6) is 1.98. The third kappa shape index (κ3) is 6.95. The average Bonchev–Trinajstić information content (AvgIpc) is 3.34. The number of piperidine rings is 1. The maximum absolute atomic E-state index is 4.87.